The van der Waals surface area contributed by atoms with Crippen LogP contribution in [0.2, 0.25) is 0 Å². The summed E-state index contributed by atoms with van der Waals surface area (Å²) in [5, 5.41) is 13.6. The van der Waals surface area contributed by atoms with Gasteiger partial charge in [0.2, 0.25) is 0 Å². The van der Waals surface area contributed by atoms with Gasteiger partial charge in [0.1, 0.15) is 17.5 Å². The van der Waals surface area contributed by atoms with Crippen LogP contribution in [-0.2, 0) is 6.42 Å². The van der Waals surface area contributed by atoms with Gasteiger partial charge >= 0.3 is 0 Å². The molecule has 0 radical (unpaired) electrons. The van der Waals surface area contributed by atoms with E-state index in [1.165, 1.54) is 6.42 Å². The second-order valence-corrected chi connectivity index (χ2v) is 5.09. The fourth-order valence-corrected chi connectivity index (χ4v) is 2.41. The fourth-order valence-electron chi connectivity index (χ4n) is 2.41. The van der Waals surface area contributed by atoms with Gasteiger partial charge in [0.25, 0.3) is 0 Å². The van der Waals surface area contributed by atoms with E-state index in [-0.39, 0.29) is 0 Å². The van der Waals surface area contributed by atoms with Gasteiger partial charge in [-0.1, -0.05) is 26.2 Å². The Balaban J connectivity index is 1.98. The molecular weight excluding hydrogens is 228 g/mol. The highest BCUT2D eigenvalue weighted by molar-refractivity contribution is 5.44. The number of hydrogen-bond donors (Lipinski definition) is 3. The zero-order valence-corrected chi connectivity index (χ0v) is 10.9. The van der Waals surface area contributed by atoms with Crippen LogP contribution in [-0.4, -0.2) is 27.2 Å². The molecule has 18 heavy (non-hydrogen) atoms. The molecule has 1 aromatic heterocycles. The zero-order valence-electron chi connectivity index (χ0n) is 10.9. The average Bonchev–Trinajstić information content (AvgIpc) is 2.37. The van der Waals surface area contributed by atoms with Crippen molar-refractivity contribution >= 4 is 11.6 Å². The topological polar surface area (TPSA) is 84.1 Å². The number of aromatic nitrogens is 2. The van der Waals surface area contributed by atoms with Crippen molar-refractivity contribution < 1.29 is 5.11 Å². The molecule has 4 N–H and O–H groups in total. The molecule has 5 heteroatoms. The van der Waals surface area contributed by atoms with Crippen molar-refractivity contribution in [3.05, 3.63) is 11.9 Å². The van der Waals surface area contributed by atoms with Crippen molar-refractivity contribution in [2.45, 2.75) is 51.0 Å². The summed E-state index contributed by atoms with van der Waals surface area (Å²) in [5.74, 6) is 1.91. The molecule has 0 unspecified atom stereocenters. The fraction of sp³-hybridized carbons (Fsp3) is 0.692. The van der Waals surface area contributed by atoms with E-state index in [0.29, 0.717) is 18.2 Å². The Kier molecular flexibility index (Phi) is 4.01. The molecule has 0 saturated heterocycles. The van der Waals surface area contributed by atoms with E-state index in [2.05, 4.69) is 15.3 Å². The normalized spacial score (nSPS) is 18.6. The highest BCUT2D eigenvalue weighted by Gasteiger charge is 2.28. The van der Waals surface area contributed by atoms with E-state index in [1.54, 1.807) is 6.07 Å². The standard InChI is InChI=1S/C13H22N4O/c1-2-11-16-10(14)8-12(17-11)15-9-13(18)6-4-3-5-7-13/h8,18H,2-7,9H2,1H3,(H3,14,15,16,17). The smallest absolute Gasteiger partial charge is 0.132 e. The Morgan fingerprint density at radius 3 is 2.72 bits per heavy atom. The Morgan fingerprint density at radius 1 is 1.33 bits per heavy atom. The van der Waals surface area contributed by atoms with Crippen LogP contribution in [0.1, 0.15) is 44.9 Å². The Bertz CT molecular complexity index is 402. The first kappa shape index (κ1) is 13.1. The van der Waals surface area contributed by atoms with E-state index in [0.717, 1.165) is 37.9 Å². The van der Waals surface area contributed by atoms with Crippen molar-refractivity contribution in [1.82, 2.24) is 9.97 Å². The van der Waals surface area contributed by atoms with Gasteiger partial charge in [-0.15, -0.1) is 0 Å². The lowest BCUT2D eigenvalue weighted by molar-refractivity contribution is 0.0166. The minimum atomic E-state index is -0.593. The summed E-state index contributed by atoms with van der Waals surface area (Å²) in [6.45, 7) is 2.53. The first-order valence-electron chi connectivity index (χ1n) is 6.71. The molecule has 0 aromatic carbocycles. The van der Waals surface area contributed by atoms with E-state index in [4.69, 9.17) is 5.73 Å². The summed E-state index contributed by atoms with van der Waals surface area (Å²) in [4.78, 5) is 8.48. The lowest BCUT2D eigenvalue weighted by atomic mass is 9.85. The van der Waals surface area contributed by atoms with E-state index in [9.17, 15) is 5.11 Å². The summed E-state index contributed by atoms with van der Waals surface area (Å²) in [6.07, 6.45) is 5.91. The minimum Gasteiger partial charge on any atom is -0.388 e. The number of nitrogens with zero attached hydrogens (tertiary/aromatic N) is 2. The molecule has 100 valence electrons. The summed E-state index contributed by atoms with van der Waals surface area (Å²) in [7, 11) is 0. The second-order valence-electron chi connectivity index (χ2n) is 5.09. The number of nitrogens with one attached hydrogen (secondary N) is 1. The minimum absolute atomic E-state index is 0.472. The van der Waals surface area contributed by atoms with Crippen LogP contribution in [0, 0.1) is 0 Å². The summed E-state index contributed by atoms with van der Waals surface area (Å²) >= 11 is 0. The van der Waals surface area contributed by atoms with Crippen LogP contribution in [0.15, 0.2) is 6.07 Å². The molecule has 1 aromatic rings. The van der Waals surface area contributed by atoms with Gasteiger partial charge in [-0.25, -0.2) is 9.97 Å². The van der Waals surface area contributed by atoms with E-state index >= 15 is 0 Å². The third-order valence-corrected chi connectivity index (χ3v) is 3.49. The number of nitrogens with two attached hydrogens (primary N) is 1. The lowest BCUT2D eigenvalue weighted by Crippen LogP contribution is -2.39. The van der Waals surface area contributed by atoms with Crippen molar-refractivity contribution in [3.63, 3.8) is 0 Å². The first-order chi connectivity index (χ1) is 8.61. The van der Waals surface area contributed by atoms with Gasteiger partial charge in [-0.3, -0.25) is 0 Å². The monoisotopic (exact) mass is 250 g/mol. The van der Waals surface area contributed by atoms with Crippen molar-refractivity contribution in [2.24, 2.45) is 0 Å². The van der Waals surface area contributed by atoms with Gasteiger partial charge in [-0.05, 0) is 12.8 Å². The molecule has 0 amide bonds. The van der Waals surface area contributed by atoms with Gasteiger partial charge < -0.3 is 16.2 Å². The van der Waals surface area contributed by atoms with Crippen LogP contribution >= 0.6 is 0 Å². The zero-order chi connectivity index (χ0) is 13.0. The van der Waals surface area contributed by atoms with Crippen LogP contribution in [0.3, 0.4) is 0 Å². The molecular formula is C13H22N4O. The van der Waals surface area contributed by atoms with Crippen molar-refractivity contribution in [2.75, 3.05) is 17.6 Å². The highest BCUT2D eigenvalue weighted by atomic mass is 16.3. The predicted molar refractivity (Wildman–Crippen MR) is 72.3 cm³/mol. The molecule has 0 atom stereocenters. The Morgan fingerprint density at radius 2 is 2.06 bits per heavy atom. The molecule has 1 heterocycles. The van der Waals surface area contributed by atoms with Gasteiger partial charge in [0, 0.05) is 19.0 Å². The second kappa shape index (κ2) is 5.52. The average molecular weight is 250 g/mol. The van der Waals surface area contributed by atoms with Crippen LogP contribution in [0.5, 0.6) is 0 Å². The van der Waals surface area contributed by atoms with Crippen LogP contribution in [0.4, 0.5) is 11.6 Å². The van der Waals surface area contributed by atoms with E-state index in [1.807, 2.05) is 6.92 Å². The van der Waals surface area contributed by atoms with Crippen LogP contribution < -0.4 is 11.1 Å². The van der Waals surface area contributed by atoms with Gasteiger partial charge in [-0.2, -0.15) is 0 Å². The SMILES string of the molecule is CCc1nc(N)cc(NCC2(O)CCCCC2)n1. The first-order valence-corrected chi connectivity index (χ1v) is 6.71. The quantitative estimate of drug-likeness (QED) is 0.758. The predicted octanol–water partition coefficient (Wildman–Crippen LogP) is 1.73. The largest absolute Gasteiger partial charge is 0.388 e. The third kappa shape index (κ3) is 3.32. The van der Waals surface area contributed by atoms with Crippen LogP contribution in [0.25, 0.3) is 0 Å². The summed E-state index contributed by atoms with van der Waals surface area (Å²) in [5.41, 5.74) is 5.13. The summed E-state index contributed by atoms with van der Waals surface area (Å²) < 4.78 is 0. The number of nitrogen functional groups attached to an aromatic ring is 1. The molecule has 1 fully saturated rings. The van der Waals surface area contributed by atoms with Gasteiger partial charge in [0.15, 0.2) is 0 Å². The molecule has 1 aliphatic rings. The number of rotatable bonds is 4. The molecule has 2 rings (SSSR count). The Labute approximate surface area is 108 Å². The summed E-state index contributed by atoms with van der Waals surface area (Å²) in [6, 6.07) is 1.71. The maximum Gasteiger partial charge on any atom is 0.132 e. The number of aliphatic hydroxyl groups is 1. The number of aryl methyl sites for hydroxylation is 1. The molecule has 0 bridgehead atoms. The highest BCUT2D eigenvalue weighted by Crippen LogP contribution is 2.28. The maximum atomic E-state index is 10.4. The van der Waals surface area contributed by atoms with Crippen molar-refractivity contribution in [1.29, 1.82) is 0 Å². The third-order valence-electron chi connectivity index (χ3n) is 3.49. The van der Waals surface area contributed by atoms with Crippen molar-refractivity contribution in [3.8, 4) is 0 Å². The van der Waals surface area contributed by atoms with Gasteiger partial charge in [0.05, 0.1) is 5.60 Å². The van der Waals surface area contributed by atoms with E-state index < -0.39 is 5.60 Å². The maximum absolute atomic E-state index is 10.4. The molecule has 0 aliphatic heterocycles. The molecule has 0 spiro atoms. The lowest BCUT2D eigenvalue weighted by Gasteiger charge is -2.32. The number of hydrogen-bond acceptors (Lipinski definition) is 5. The molecule has 1 aliphatic carbocycles. The Hall–Kier alpha value is -1.36. The molecule has 1 saturated carbocycles. The number of anilines is 2. The molecule has 5 nitrogen and oxygen atoms in total.